The predicted molar refractivity (Wildman–Crippen MR) is 39.8 cm³/mol. The lowest BCUT2D eigenvalue weighted by Crippen LogP contribution is -1.98. The fraction of sp³-hybridized carbons (Fsp3) is 1.00. The summed E-state index contributed by atoms with van der Waals surface area (Å²) in [5.41, 5.74) is 0. The third kappa shape index (κ3) is 3.35. The van der Waals surface area contributed by atoms with E-state index in [-0.39, 0.29) is 12.2 Å². The highest BCUT2D eigenvalue weighted by Gasteiger charge is 2.25. The molecule has 0 aliphatic carbocycles. The topological polar surface area (TPSA) is 38.8 Å². The molecule has 0 aromatic carbocycles. The third-order valence-electron chi connectivity index (χ3n) is 1.16. The van der Waals surface area contributed by atoms with Gasteiger partial charge in [0.2, 0.25) is 0 Å². The molecule has 0 spiro atoms. The molecule has 0 aromatic heterocycles. The Kier molecular flexibility index (Phi) is 2.90. The molecule has 2 unspecified atom stereocenters. The van der Waals surface area contributed by atoms with Crippen LogP contribution in [0, 0.1) is 0 Å². The van der Waals surface area contributed by atoms with Crippen LogP contribution < -0.4 is 0 Å². The fourth-order valence-corrected chi connectivity index (χ4v) is 1.91. The Morgan fingerprint density at radius 2 is 2.40 bits per heavy atom. The van der Waals surface area contributed by atoms with Crippen molar-refractivity contribution in [2.75, 3.05) is 12.8 Å². The zero-order valence-electron chi connectivity index (χ0n) is 6.29. The van der Waals surface area contributed by atoms with Crippen LogP contribution in [0.3, 0.4) is 0 Å². The number of hydrogen-bond acceptors (Lipinski definition) is 3. The molecule has 0 aromatic rings. The highest BCUT2D eigenvalue weighted by Crippen LogP contribution is 2.29. The zero-order valence-corrected chi connectivity index (χ0v) is 7.29. The van der Waals surface area contributed by atoms with E-state index in [0.29, 0.717) is 6.16 Å². The minimum atomic E-state index is -1.80. The normalized spacial score (nSPS) is 26.9. The molecule has 3 nitrogen and oxygen atoms in total. The van der Waals surface area contributed by atoms with Crippen molar-refractivity contribution in [3.63, 3.8) is 0 Å². The van der Waals surface area contributed by atoms with Crippen LogP contribution in [0.4, 0.5) is 0 Å². The minimum Gasteiger partial charge on any atom is -0.373 e. The van der Waals surface area contributed by atoms with Crippen LogP contribution in [0.25, 0.3) is 0 Å². The second kappa shape index (κ2) is 3.51. The molecule has 2 atom stereocenters. The lowest BCUT2D eigenvalue weighted by atomic mass is 10.5. The van der Waals surface area contributed by atoms with Gasteiger partial charge in [-0.2, -0.15) is 0 Å². The van der Waals surface area contributed by atoms with E-state index in [1.807, 2.05) is 13.8 Å². The molecule has 60 valence electrons. The molecular weight excluding hydrogens is 151 g/mol. The average Bonchev–Trinajstić information content (AvgIpc) is 2.46. The predicted octanol–water partition coefficient (Wildman–Crippen LogP) is 1.28. The summed E-state index contributed by atoms with van der Waals surface area (Å²) in [6.07, 6.45) is 0.901. The summed E-state index contributed by atoms with van der Waals surface area (Å²) < 4.78 is 21.0. The molecule has 4 heteroatoms. The van der Waals surface area contributed by atoms with Crippen LogP contribution in [-0.2, 0) is 13.8 Å². The molecule has 1 rings (SSSR count). The summed E-state index contributed by atoms with van der Waals surface area (Å²) in [7, 11) is -1.80. The summed E-state index contributed by atoms with van der Waals surface area (Å²) in [5.74, 6) is 0. The SMILES string of the molecule is CC(C)O[PH](=O)CC1CO1. The van der Waals surface area contributed by atoms with Gasteiger partial charge in [-0.1, -0.05) is 0 Å². The van der Waals surface area contributed by atoms with Gasteiger partial charge >= 0.3 is 0 Å². The summed E-state index contributed by atoms with van der Waals surface area (Å²) in [6.45, 7) is 4.53. The van der Waals surface area contributed by atoms with Gasteiger partial charge in [0.1, 0.15) is 0 Å². The molecule has 0 saturated carbocycles. The fourth-order valence-electron chi connectivity index (χ4n) is 0.683. The van der Waals surface area contributed by atoms with E-state index in [1.165, 1.54) is 0 Å². The molecule has 0 N–H and O–H groups in total. The van der Waals surface area contributed by atoms with Crippen LogP contribution >= 0.6 is 8.03 Å². The Labute approximate surface area is 61.6 Å². The number of hydrogen-bond donors (Lipinski definition) is 0. The first-order valence-electron chi connectivity index (χ1n) is 3.49. The van der Waals surface area contributed by atoms with Crippen LogP contribution in [0.1, 0.15) is 13.8 Å². The number of ether oxygens (including phenoxy) is 1. The first-order chi connectivity index (χ1) is 4.68. The molecule has 1 aliphatic heterocycles. The molecular formula is C6H13O3P. The first-order valence-corrected chi connectivity index (χ1v) is 5.02. The van der Waals surface area contributed by atoms with E-state index in [4.69, 9.17) is 9.26 Å². The largest absolute Gasteiger partial charge is 0.373 e. The Balaban J connectivity index is 2.08. The first kappa shape index (κ1) is 8.25. The van der Waals surface area contributed by atoms with Gasteiger partial charge in [0, 0.05) is 0 Å². The van der Waals surface area contributed by atoms with Gasteiger partial charge in [0.05, 0.1) is 25.0 Å². The Bertz CT molecular complexity index is 125. The van der Waals surface area contributed by atoms with Gasteiger partial charge in [-0.05, 0) is 13.8 Å². The van der Waals surface area contributed by atoms with Gasteiger partial charge in [0.25, 0.3) is 0 Å². The van der Waals surface area contributed by atoms with Crippen molar-refractivity contribution >= 4 is 8.03 Å². The van der Waals surface area contributed by atoms with Gasteiger partial charge in [-0.25, -0.2) is 0 Å². The highest BCUT2D eigenvalue weighted by molar-refractivity contribution is 7.39. The molecule has 0 radical (unpaired) electrons. The maximum Gasteiger partial charge on any atom is 0.194 e. The van der Waals surface area contributed by atoms with Gasteiger partial charge in [0.15, 0.2) is 8.03 Å². The minimum absolute atomic E-state index is 0.0742. The van der Waals surface area contributed by atoms with Crippen molar-refractivity contribution in [2.24, 2.45) is 0 Å². The molecule has 10 heavy (non-hydrogen) atoms. The van der Waals surface area contributed by atoms with Crippen LogP contribution in [0.5, 0.6) is 0 Å². The van der Waals surface area contributed by atoms with E-state index in [9.17, 15) is 4.57 Å². The second-order valence-corrected chi connectivity index (χ2v) is 4.09. The van der Waals surface area contributed by atoms with E-state index in [1.54, 1.807) is 0 Å². The Hall–Kier alpha value is 0.150. The third-order valence-corrected chi connectivity index (χ3v) is 2.69. The smallest absolute Gasteiger partial charge is 0.194 e. The zero-order chi connectivity index (χ0) is 7.56. The summed E-state index contributed by atoms with van der Waals surface area (Å²) >= 11 is 0. The molecule has 0 bridgehead atoms. The Morgan fingerprint density at radius 1 is 1.80 bits per heavy atom. The Morgan fingerprint density at radius 3 is 2.80 bits per heavy atom. The van der Waals surface area contributed by atoms with Crippen molar-refractivity contribution < 1.29 is 13.8 Å². The van der Waals surface area contributed by atoms with Crippen LogP contribution in [0.2, 0.25) is 0 Å². The molecule has 1 heterocycles. The van der Waals surface area contributed by atoms with Crippen molar-refractivity contribution in [3.05, 3.63) is 0 Å². The maximum absolute atomic E-state index is 11.0. The standard InChI is InChI=1S/C6H13O3P/c1-5(2)9-10(7)4-6-3-8-6/h5-6,10H,3-4H2,1-2H3. The van der Waals surface area contributed by atoms with Crippen LogP contribution in [0.15, 0.2) is 0 Å². The molecule has 0 amide bonds. The summed E-state index contributed by atoms with van der Waals surface area (Å²) in [4.78, 5) is 0. The highest BCUT2D eigenvalue weighted by atomic mass is 31.1. The van der Waals surface area contributed by atoms with E-state index in [0.717, 1.165) is 6.61 Å². The van der Waals surface area contributed by atoms with E-state index < -0.39 is 8.03 Å². The van der Waals surface area contributed by atoms with Gasteiger partial charge in [-0.3, -0.25) is 4.57 Å². The average molecular weight is 164 g/mol. The molecule has 1 fully saturated rings. The number of epoxide rings is 1. The van der Waals surface area contributed by atoms with Crippen molar-refractivity contribution in [2.45, 2.75) is 26.1 Å². The van der Waals surface area contributed by atoms with E-state index >= 15 is 0 Å². The summed E-state index contributed by atoms with van der Waals surface area (Å²) in [5, 5.41) is 0. The molecule has 1 saturated heterocycles. The lowest BCUT2D eigenvalue weighted by molar-refractivity contribution is 0.254. The van der Waals surface area contributed by atoms with Crippen molar-refractivity contribution in [1.29, 1.82) is 0 Å². The second-order valence-electron chi connectivity index (χ2n) is 2.70. The number of rotatable bonds is 4. The lowest BCUT2D eigenvalue weighted by Gasteiger charge is -2.04. The van der Waals surface area contributed by atoms with Gasteiger partial charge in [-0.15, -0.1) is 0 Å². The van der Waals surface area contributed by atoms with E-state index in [2.05, 4.69) is 0 Å². The monoisotopic (exact) mass is 164 g/mol. The van der Waals surface area contributed by atoms with Crippen molar-refractivity contribution in [3.8, 4) is 0 Å². The van der Waals surface area contributed by atoms with Gasteiger partial charge < -0.3 is 9.26 Å². The van der Waals surface area contributed by atoms with Crippen LogP contribution in [-0.4, -0.2) is 25.0 Å². The maximum atomic E-state index is 11.0. The quantitative estimate of drug-likeness (QED) is 0.464. The molecule has 1 aliphatic rings. The van der Waals surface area contributed by atoms with Crippen molar-refractivity contribution in [1.82, 2.24) is 0 Å². The summed E-state index contributed by atoms with van der Waals surface area (Å²) in [6, 6.07) is 0.